The van der Waals surface area contributed by atoms with Crippen LogP contribution in [0.1, 0.15) is 35.3 Å². The summed E-state index contributed by atoms with van der Waals surface area (Å²) in [6.45, 7) is 11.2. The lowest BCUT2D eigenvalue weighted by atomic mass is 10.2. The first-order valence-corrected chi connectivity index (χ1v) is 12.4. The lowest BCUT2D eigenvalue weighted by molar-refractivity contribution is 0.0466. The highest BCUT2D eigenvalue weighted by Crippen LogP contribution is 2.06. The third kappa shape index (κ3) is 12.2. The molecular formula is C29H40N4O2. The smallest absolute Gasteiger partial charge is 0.338 e. The van der Waals surface area contributed by atoms with Crippen LogP contribution in [0, 0.1) is 0 Å². The molecular weight excluding hydrogens is 436 g/mol. The molecule has 0 saturated heterocycles. The molecule has 0 unspecified atom stereocenters. The van der Waals surface area contributed by atoms with Crippen molar-refractivity contribution in [3.05, 3.63) is 102 Å². The van der Waals surface area contributed by atoms with Gasteiger partial charge in [-0.2, -0.15) is 0 Å². The summed E-state index contributed by atoms with van der Waals surface area (Å²) in [6.07, 6.45) is 0. The van der Waals surface area contributed by atoms with Gasteiger partial charge >= 0.3 is 5.97 Å². The van der Waals surface area contributed by atoms with E-state index in [1.165, 1.54) is 11.1 Å². The van der Waals surface area contributed by atoms with Gasteiger partial charge in [0.05, 0.1) is 5.56 Å². The fourth-order valence-corrected chi connectivity index (χ4v) is 3.34. The molecule has 0 aliphatic carbocycles. The Kier molecular flexibility index (Phi) is 13.8. The van der Waals surface area contributed by atoms with Crippen LogP contribution in [0.5, 0.6) is 0 Å². The van der Waals surface area contributed by atoms with Gasteiger partial charge in [0.2, 0.25) is 0 Å². The van der Waals surface area contributed by atoms with Crippen molar-refractivity contribution in [3.8, 4) is 0 Å². The van der Waals surface area contributed by atoms with Crippen LogP contribution in [0.15, 0.2) is 84.9 Å². The molecule has 0 amide bonds. The molecule has 0 radical (unpaired) electrons. The molecule has 0 atom stereocenters. The topological polar surface area (TPSA) is 79.6 Å². The molecule has 188 valence electrons. The van der Waals surface area contributed by atoms with Crippen molar-refractivity contribution in [1.82, 2.24) is 15.5 Å². The van der Waals surface area contributed by atoms with E-state index in [0.717, 1.165) is 45.8 Å². The van der Waals surface area contributed by atoms with Crippen LogP contribution in [-0.4, -0.2) is 50.2 Å². The minimum Gasteiger partial charge on any atom is -0.461 e. The summed E-state index contributed by atoms with van der Waals surface area (Å²) in [4.78, 5) is 13.8. The van der Waals surface area contributed by atoms with E-state index in [-0.39, 0.29) is 5.97 Å². The highest BCUT2D eigenvalue weighted by molar-refractivity contribution is 5.89. The zero-order valence-corrected chi connectivity index (χ0v) is 21.1. The van der Waals surface area contributed by atoms with Gasteiger partial charge in [-0.25, -0.2) is 4.79 Å². The first-order valence-electron chi connectivity index (χ1n) is 12.4. The molecule has 35 heavy (non-hydrogen) atoms. The Labute approximate surface area is 210 Å². The zero-order chi connectivity index (χ0) is 25.1. The van der Waals surface area contributed by atoms with Crippen molar-refractivity contribution >= 4 is 11.7 Å². The van der Waals surface area contributed by atoms with Gasteiger partial charge in [-0.15, -0.1) is 0 Å². The Hall–Kier alpha value is -3.19. The summed E-state index contributed by atoms with van der Waals surface area (Å²) in [5.41, 5.74) is 9.40. The van der Waals surface area contributed by atoms with Gasteiger partial charge in [0.1, 0.15) is 6.61 Å². The first kappa shape index (κ1) is 28.1. The molecule has 0 fully saturated rings. The molecule has 0 heterocycles. The SMILES string of the molecule is CCN(CC)CCOC(=O)c1ccc(N)cc1.c1ccc(CNCCNCc2ccccc2)cc1. The number of nitrogen functional groups attached to an aromatic ring is 1. The highest BCUT2D eigenvalue weighted by Gasteiger charge is 2.07. The zero-order valence-electron chi connectivity index (χ0n) is 21.1. The molecule has 0 bridgehead atoms. The maximum absolute atomic E-state index is 11.6. The Bertz CT molecular complexity index is 886. The number of anilines is 1. The molecule has 3 aromatic carbocycles. The largest absolute Gasteiger partial charge is 0.461 e. The van der Waals surface area contributed by atoms with E-state index in [4.69, 9.17) is 10.5 Å². The van der Waals surface area contributed by atoms with Crippen LogP contribution >= 0.6 is 0 Å². The number of esters is 1. The predicted octanol–water partition coefficient (Wildman–Crippen LogP) is 4.33. The van der Waals surface area contributed by atoms with E-state index < -0.39 is 0 Å². The number of ether oxygens (including phenoxy) is 1. The number of rotatable bonds is 13. The molecule has 3 aromatic rings. The second kappa shape index (κ2) is 17.3. The van der Waals surface area contributed by atoms with Gasteiger partial charge in [0.15, 0.2) is 0 Å². The number of hydrogen-bond acceptors (Lipinski definition) is 6. The summed E-state index contributed by atoms with van der Waals surface area (Å²) < 4.78 is 5.18. The van der Waals surface area contributed by atoms with Crippen molar-refractivity contribution in [2.45, 2.75) is 26.9 Å². The number of nitrogens with zero attached hydrogens (tertiary/aromatic N) is 1. The van der Waals surface area contributed by atoms with Gasteiger partial charge in [-0.3, -0.25) is 0 Å². The summed E-state index contributed by atoms with van der Waals surface area (Å²) in [6, 6.07) is 27.7. The van der Waals surface area contributed by atoms with Crippen LogP contribution in [0.4, 0.5) is 5.69 Å². The third-order valence-electron chi connectivity index (χ3n) is 5.50. The number of likely N-dealkylation sites (N-methyl/N-ethyl adjacent to an activating group) is 1. The lowest BCUT2D eigenvalue weighted by Gasteiger charge is -2.17. The third-order valence-corrected chi connectivity index (χ3v) is 5.50. The quantitative estimate of drug-likeness (QED) is 0.194. The molecule has 0 spiro atoms. The van der Waals surface area contributed by atoms with Crippen LogP contribution < -0.4 is 16.4 Å². The number of carbonyl (C=O) groups excluding carboxylic acids is 1. The molecule has 0 aliphatic rings. The van der Waals surface area contributed by atoms with Gasteiger partial charge in [0, 0.05) is 38.4 Å². The van der Waals surface area contributed by atoms with Crippen molar-refractivity contribution in [1.29, 1.82) is 0 Å². The normalized spacial score (nSPS) is 10.5. The standard InChI is InChI=1S/C16H20N2.C13H20N2O2/c1-3-7-15(8-4-1)13-17-11-12-18-14-16-9-5-2-6-10-16;1-3-15(4-2)9-10-17-13(16)11-5-7-12(14)8-6-11/h1-10,17-18H,11-14H2;5-8H,3-4,9-10,14H2,1-2H3. The summed E-state index contributed by atoms with van der Waals surface area (Å²) >= 11 is 0. The summed E-state index contributed by atoms with van der Waals surface area (Å²) in [5.74, 6) is -0.294. The highest BCUT2D eigenvalue weighted by atomic mass is 16.5. The van der Waals surface area contributed by atoms with Crippen LogP contribution in [0.25, 0.3) is 0 Å². The molecule has 0 aliphatic heterocycles. The molecule has 4 N–H and O–H groups in total. The van der Waals surface area contributed by atoms with Crippen LogP contribution in [-0.2, 0) is 17.8 Å². The Morgan fingerprint density at radius 1 is 0.771 bits per heavy atom. The Morgan fingerprint density at radius 2 is 1.26 bits per heavy atom. The number of nitrogens with one attached hydrogen (secondary N) is 2. The average Bonchev–Trinajstić information content (AvgIpc) is 2.90. The minimum atomic E-state index is -0.294. The van der Waals surface area contributed by atoms with E-state index in [1.54, 1.807) is 24.3 Å². The average molecular weight is 477 g/mol. The second-order valence-electron chi connectivity index (χ2n) is 8.11. The molecule has 6 heteroatoms. The van der Waals surface area contributed by atoms with Crippen molar-refractivity contribution in [3.63, 3.8) is 0 Å². The Balaban J connectivity index is 0.000000247. The molecule has 0 aromatic heterocycles. The van der Waals surface area contributed by atoms with Crippen molar-refractivity contribution < 1.29 is 9.53 Å². The molecule has 0 saturated carbocycles. The summed E-state index contributed by atoms with van der Waals surface area (Å²) in [7, 11) is 0. The van der Waals surface area contributed by atoms with Crippen molar-refractivity contribution in [2.75, 3.05) is 45.1 Å². The van der Waals surface area contributed by atoms with Gasteiger partial charge in [-0.1, -0.05) is 74.5 Å². The molecule has 3 rings (SSSR count). The number of hydrogen-bond donors (Lipinski definition) is 3. The van der Waals surface area contributed by atoms with Gasteiger partial charge in [0.25, 0.3) is 0 Å². The van der Waals surface area contributed by atoms with E-state index >= 15 is 0 Å². The monoisotopic (exact) mass is 476 g/mol. The van der Waals surface area contributed by atoms with Crippen molar-refractivity contribution in [2.24, 2.45) is 0 Å². The fourth-order valence-electron chi connectivity index (χ4n) is 3.34. The minimum absolute atomic E-state index is 0.294. The van der Waals surface area contributed by atoms with Crippen LogP contribution in [0.3, 0.4) is 0 Å². The van der Waals surface area contributed by atoms with E-state index in [9.17, 15) is 4.79 Å². The number of benzene rings is 3. The maximum atomic E-state index is 11.6. The fraction of sp³-hybridized carbons (Fsp3) is 0.345. The van der Waals surface area contributed by atoms with E-state index in [2.05, 4.69) is 77.9 Å². The molecule has 6 nitrogen and oxygen atoms in total. The first-order chi connectivity index (χ1) is 17.1. The maximum Gasteiger partial charge on any atom is 0.338 e. The number of nitrogens with two attached hydrogens (primary N) is 1. The van der Waals surface area contributed by atoms with E-state index in [1.807, 2.05) is 12.1 Å². The summed E-state index contributed by atoms with van der Waals surface area (Å²) in [5, 5.41) is 6.85. The number of carbonyl (C=O) groups is 1. The van der Waals surface area contributed by atoms with E-state index in [0.29, 0.717) is 17.9 Å². The Morgan fingerprint density at radius 3 is 1.71 bits per heavy atom. The van der Waals surface area contributed by atoms with Crippen LogP contribution in [0.2, 0.25) is 0 Å². The predicted molar refractivity (Wildman–Crippen MR) is 145 cm³/mol. The second-order valence-corrected chi connectivity index (χ2v) is 8.11. The lowest BCUT2D eigenvalue weighted by Crippen LogP contribution is -2.27. The van der Waals surface area contributed by atoms with Gasteiger partial charge in [-0.05, 0) is 48.5 Å². The van der Waals surface area contributed by atoms with Gasteiger partial charge < -0.3 is 26.0 Å².